The van der Waals surface area contributed by atoms with Gasteiger partial charge in [0.25, 0.3) is 10.0 Å². The highest BCUT2D eigenvalue weighted by Crippen LogP contribution is 2.25. The Kier molecular flexibility index (Phi) is 6.01. The van der Waals surface area contributed by atoms with Crippen molar-refractivity contribution in [1.82, 2.24) is 9.21 Å². The van der Waals surface area contributed by atoms with Crippen LogP contribution in [-0.4, -0.2) is 57.0 Å². The first-order valence-electron chi connectivity index (χ1n) is 8.13. The average Bonchev–Trinajstić information content (AvgIpc) is 3.04. The Morgan fingerprint density at radius 1 is 1.12 bits per heavy atom. The summed E-state index contributed by atoms with van der Waals surface area (Å²) in [6.45, 7) is 5.61. The highest BCUT2D eigenvalue weighted by Gasteiger charge is 2.29. The third-order valence-corrected chi connectivity index (χ3v) is 7.82. The maximum atomic E-state index is 12.6. The number of hydrogen-bond acceptors (Lipinski definition) is 5. The highest BCUT2D eigenvalue weighted by atomic mass is 35.5. The number of piperazine rings is 1. The number of thiophene rings is 1. The van der Waals surface area contributed by atoms with Gasteiger partial charge < -0.3 is 4.74 Å². The minimum Gasteiger partial charge on any atom is -0.491 e. The van der Waals surface area contributed by atoms with Crippen molar-refractivity contribution < 1.29 is 13.2 Å². The molecule has 136 valence electrons. The van der Waals surface area contributed by atoms with E-state index >= 15 is 0 Å². The zero-order valence-electron chi connectivity index (χ0n) is 14.0. The fraction of sp³-hybridized carbons (Fsp3) is 0.412. The molecular weight excluding hydrogens is 380 g/mol. The van der Waals surface area contributed by atoms with Crippen LogP contribution in [0.4, 0.5) is 0 Å². The molecule has 0 atom stereocenters. The fourth-order valence-corrected chi connectivity index (χ4v) is 5.77. The summed E-state index contributed by atoms with van der Waals surface area (Å²) in [5, 5.41) is 0.602. The molecule has 1 aliphatic rings. The minimum atomic E-state index is -3.36. The Balaban J connectivity index is 1.48. The van der Waals surface area contributed by atoms with E-state index in [4.69, 9.17) is 16.3 Å². The van der Waals surface area contributed by atoms with Crippen LogP contribution in [0, 0.1) is 6.92 Å². The molecule has 2 aromatic rings. The molecule has 0 amide bonds. The number of sulfonamides is 1. The van der Waals surface area contributed by atoms with Gasteiger partial charge in [-0.1, -0.05) is 23.7 Å². The van der Waals surface area contributed by atoms with E-state index in [0.717, 1.165) is 11.4 Å². The second-order valence-corrected chi connectivity index (χ2v) is 9.75. The molecule has 3 rings (SSSR count). The number of aryl methyl sites for hydroxylation is 1. The van der Waals surface area contributed by atoms with E-state index in [1.807, 2.05) is 31.2 Å². The van der Waals surface area contributed by atoms with Crippen LogP contribution in [-0.2, 0) is 10.0 Å². The molecule has 25 heavy (non-hydrogen) atoms. The number of ether oxygens (including phenoxy) is 1. The van der Waals surface area contributed by atoms with E-state index in [-0.39, 0.29) is 0 Å². The number of nitrogens with zero attached hydrogens (tertiary/aromatic N) is 2. The van der Waals surface area contributed by atoms with Gasteiger partial charge in [0.1, 0.15) is 16.6 Å². The van der Waals surface area contributed by atoms with E-state index < -0.39 is 10.0 Å². The third kappa shape index (κ3) is 4.54. The van der Waals surface area contributed by atoms with Crippen molar-refractivity contribution in [2.24, 2.45) is 0 Å². The van der Waals surface area contributed by atoms with Gasteiger partial charge >= 0.3 is 0 Å². The number of halogens is 1. The molecule has 0 bridgehead atoms. The van der Waals surface area contributed by atoms with Gasteiger partial charge in [0, 0.05) is 37.6 Å². The zero-order chi connectivity index (χ0) is 17.9. The number of rotatable bonds is 6. The Hall–Kier alpha value is -1.12. The molecule has 0 N–H and O–H groups in total. The van der Waals surface area contributed by atoms with Gasteiger partial charge in [0.2, 0.25) is 0 Å². The van der Waals surface area contributed by atoms with E-state index in [0.29, 0.717) is 47.8 Å². The molecular formula is C17H21ClN2O3S2. The van der Waals surface area contributed by atoms with Crippen molar-refractivity contribution in [2.45, 2.75) is 11.1 Å². The number of para-hydroxylation sites is 1. The summed E-state index contributed by atoms with van der Waals surface area (Å²) in [6.07, 6.45) is 0. The zero-order valence-corrected chi connectivity index (χ0v) is 16.4. The van der Waals surface area contributed by atoms with Crippen molar-refractivity contribution in [3.8, 4) is 5.75 Å². The summed E-state index contributed by atoms with van der Waals surface area (Å²) < 4.78 is 33.0. The van der Waals surface area contributed by atoms with Crippen LogP contribution in [0.25, 0.3) is 0 Å². The van der Waals surface area contributed by atoms with Crippen LogP contribution >= 0.6 is 22.9 Å². The lowest BCUT2D eigenvalue weighted by molar-refractivity contribution is 0.159. The van der Waals surface area contributed by atoms with E-state index in [9.17, 15) is 8.42 Å². The number of hydrogen-bond donors (Lipinski definition) is 0. The second kappa shape index (κ2) is 8.05. The Bertz CT molecular complexity index is 815. The molecule has 0 saturated carbocycles. The average molecular weight is 401 g/mol. The van der Waals surface area contributed by atoms with Gasteiger partial charge in [0.05, 0.1) is 5.02 Å². The van der Waals surface area contributed by atoms with Crippen molar-refractivity contribution in [1.29, 1.82) is 0 Å². The highest BCUT2D eigenvalue weighted by molar-refractivity contribution is 7.91. The molecule has 8 heteroatoms. The Morgan fingerprint density at radius 3 is 2.48 bits per heavy atom. The van der Waals surface area contributed by atoms with Crippen LogP contribution in [0.2, 0.25) is 5.02 Å². The topological polar surface area (TPSA) is 49.9 Å². The van der Waals surface area contributed by atoms with Gasteiger partial charge in [-0.05, 0) is 31.2 Å². The van der Waals surface area contributed by atoms with E-state index in [2.05, 4.69) is 4.90 Å². The smallest absolute Gasteiger partial charge is 0.252 e. The normalized spacial score (nSPS) is 16.9. The molecule has 1 aromatic carbocycles. The molecule has 1 saturated heterocycles. The number of benzene rings is 1. The summed E-state index contributed by atoms with van der Waals surface area (Å²) in [5.74, 6) is 0.679. The summed E-state index contributed by atoms with van der Waals surface area (Å²) in [6, 6.07) is 10.9. The van der Waals surface area contributed by atoms with Gasteiger partial charge in [-0.3, -0.25) is 4.90 Å². The quantitative estimate of drug-likeness (QED) is 0.747. The first-order valence-corrected chi connectivity index (χ1v) is 10.8. The van der Waals surface area contributed by atoms with Crippen LogP contribution in [0.3, 0.4) is 0 Å². The fourth-order valence-electron chi connectivity index (χ4n) is 2.72. The standard InChI is InChI=1S/C17H21ClN2O3S2/c1-14-6-7-17(24-14)25(21,22)20-10-8-19(9-11-20)12-13-23-16-5-3-2-4-15(16)18/h2-7H,8-13H2,1H3. The second-order valence-electron chi connectivity index (χ2n) is 5.89. The SMILES string of the molecule is Cc1ccc(S(=O)(=O)N2CCN(CCOc3ccccc3Cl)CC2)s1. The predicted molar refractivity (Wildman–Crippen MR) is 101 cm³/mol. The maximum Gasteiger partial charge on any atom is 0.252 e. The molecule has 5 nitrogen and oxygen atoms in total. The van der Waals surface area contributed by atoms with Crippen LogP contribution in [0.1, 0.15) is 4.88 Å². The molecule has 1 aliphatic heterocycles. The van der Waals surface area contributed by atoms with Gasteiger partial charge in [0.15, 0.2) is 0 Å². The molecule has 0 radical (unpaired) electrons. The summed E-state index contributed by atoms with van der Waals surface area (Å²) in [7, 11) is -3.36. The van der Waals surface area contributed by atoms with Gasteiger partial charge in [-0.2, -0.15) is 4.31 Å². The lowest BCUT2D eigenvalue weighted by Gasteiger charge is -2.33. The van der Waals surface area contributed by atoms with Gasteiger partial charge in [-0.25, -0.2) is 8.42 Å². The first kappa shape index (κ1) is 18.7. The molecule has 0 spiro atoms. The van der Waals surface area contributed by atoms with Crippen molar-refractivity contribution in [3.05, 3.63) is 46.3 Å². The maximum absolute atomic E-state index is 12.6. The van der Waals surface area contributed by atoms with Crippen LogP contribution in [0.15, 0.2) is 40.6 Å². The molecule has 1 fully saturated rings. The monoisotopic (exact) mass is 400 g/mol. The molecule has 0 aliphatic carbocycles. The van der Waals surface area contributed by atoms with Crippen LogP contribution < -0.4 is 4.74 Å². The largest absolute Gasteiger partial charge is 0.491 e. The summed E-state index contributed by atoms with van der Waals surface area (Å²) >= 11 is 7.39. The van der Waals surface area contributed by atoms with Crippen molar-refractivity contribution >= 4 is 33.0 Å². The summed E-state index contributed by atoms with van der Waals surface area (Å²) in [4.78, 5) is 3.22. The summed E-state index contributed by atoms with van der Waals surface area (Å²) in [5.41, 5.74) is 0. The molecule has 1 aromatic heterocycles. The van der Waals surface area contributed by atoms with Gasteiger partial charge in [-0.15, -0.1) is 11.3 Å². The van der Waals surface area contributed by atoms with E-state index in [1.54, 1.807) is 16.4 Å². The Morgan fingerprint density at radius 2 is 1.84 bits per heavy atom. The van der Waals surface area contributed by atoms with Crippen molar-refractivity contribution in [2.75, 3.05) is 39.3 Å². The molecule has 0 unspecified atom stereocenters. The lowest BCUT2D eigenvalue weighted by atomic mass is 10.3. The first-order chi connectivity index (χ1) is 12.0. The van der Waals surface area contributed by atoms with Crippen molar-refractivity contribution in [3.63, 3.8) is 0 Å². The van der Waals surface area contributed by atoms with Crippen LogP contribution in [0.5, 0.6) is 5.75 Å². The third-order valence-electron chi connectivity index (χ3n) is 4.14. The Labute approximate surface area is 157 Å². The predicted octanol–water partition coefficient (Wildman–Crippen LogP) is 3.10. The minimum absolute atomic E-state index is 0.431. The van der Waals surface area contributed by atoms with E-state index in [1.165, 1.54) is 11.3 Å². The lowest BCUT2D eigenvalue weighted by Crippen LogP contribution is -2.49. The molecule has 2 heterocycles.